The average molecular weight is 342 g/mol. The van der Waals surface area contributed by atoms with E-state index in [-0.39, 0.29) is 11.5 Å². The number of rotatable bonds is 3. The molecule has 0 fully saturated rings. The number of benzene rings is 1. The number of aryl methyl sites for hydroxylation is 2. The van der Waals surface area contributed by atoms with Gasteiger partial charge >= 0.3 is 6.18 Å². The fourth-order valence-electron chi connectivity index (χ4n) is 2.70. The highest BCUT2D eigenvalue weighted by molar-refractivity contribution is 5.83. The molecule has 0 aliphatic carbocycles. The fourth-order valence-corrected chi connectivity index (χ4v) is 2.70. The van der Waals surface area contributed by atoms with E-state index in [1.54, 1.807) is 13.8 Å². The van der Waals surface area contributed by atoms with Gasteiger partial charge in [-0.25, -0.2) is 0 Å². The van der Waals surface area contributed by atoms with E-state index >= 15 is 0 Å². The highest BCUT2D eigenvalue weighted by Crippen LogP contribution is 2.42. The maximum absolute atomic E-state index is 12.3. The minimum Gasteiger partial charge on any atom is -0.511 e. The van der Waals surface area contributed by atoms with Crippen molar-refractivity contribution in [3.63, 3.8) is 0 Å². The second-order valence-electron chi connectivity index (χ2n) is 6.66. The van der Waals surface area contributed by atoms with Crippen LogP contribution in [0, 0.1) is 19.3 Å². The minimum atomic E-state index is -4.39. The molecule has 3 nitrogen and oxygen atoms in total. The molecule has 0 amide bonds. The number of allylic oxidation sites excluding steroid dienone is 1. The number of hydrogen-bond donors (Lipinski definition) is 1. The molecule has 1 aromatic carbocycles. The molecule has 0 spiro atoms. The molecule has 0 saturated carbocycles. The van der Waals surface area contributed by atoms with Gasteiger partial charge in [-0.15, -0.1) is 0 Å². The Morgan fingerprint density at radius 2 is 1.79 bits per heavy atom. The summed E-state index contributed by atoms with van der Waals surface area (Å²) in [6, 6.07) is 3.03. The zero-order chi connectivity index (χ0) is 18.3. The van der Waals surface area contributed by atoms with Gasteiger partial charge in [0.15, 0.2) is 6.61 Å². The molecule has 0 radical (unpaired) electrons. The van der Waals surface area contributed by atoms with Crippen molar-refractivity contribution in [1.29, 1.82) is 0 Å². The topological polar surface area (TPSA) is 38.7 Å². The number of halogens is 3. The Morgan fingerprint density at radius 3 is 2.29 bits per heavy atom. The van der Waals surface area contributed by atoms with Crippen LogP contribution in [0.1, 0.15) is 30.5 Å². The highest BCUT2D eigenvalue weighted by atomic mass is 19.4. The van der Waals surface area contributed by atoms with Gasteiger partial charge < -0.3 is 14.6 Å². The van der Waals surface area contributed by atoms with Crippen molar-refractivity contribution >= 4 is 5.57 Å². The lowest BCUT2D eigenvalue weighted by molar-refractivity contribution is -0.153. The molecule has 0 saturated heterocycles. The quantitative estimate of drug-likeness (QED) is 0.832. The molecule has 0 aromatic heterocycles. The lowest BCUT2D eigenvalue weighted by Gasteiger charge is -2.33. The zero-order valence-electron chi connectivity index (χ0n) is 14.2. The van der Waals surface area contributed by atoms with Gasteiger partial charge in [-0.2, -0.15) is 13.2 Å². The van der Waals surface area contributed by atoms with E-state index in [9.17, 15) is 18.3 Å². The zero-order valence-corrected chi connectivity index (χ0v) is 14.2. The van der Waals surface area contributed by atoms with Crippen molar-refractivity contribution < 1.29 is 27.8 Å². The number of aliphatic hydroxyl groups is 1. The maximum atomic E-state index is 12.3. The van der Waals surface area contributed by atoms with Crippen LogP contribution in [0.15, 0.2) is 30.2 Å². The van der Waals surface area contributed by atoms with E-state index in [4.69, 9.17) is 9.47 Å². The largest absolute Gasteiger partial charge is 0.511 e. The molecule has 0 bridgehead atoms. The summed E-state index contributed by atoms with van der Waals surface area (Å²) in [6.45, 7) is 10.00. The van der Waals surface area contributed by atoms with Crippen LogP contribution in [0.2, 0.25) is 0 Å². The van der Waals surface area contributed by atoms with Gasteiger partial charge in [0, 0.05) is 0 Å². The average Bonchev–Trinajstić information content (AvgIpc) is 2.43. The Hall–Kier alpha value is -2.11. The van der Waals surface area contributed by atoms with Crippen molar-refractivity contribution in [3.8, 4) is 5.75 Å². The molecule has 0 atom stereocenters. The van der Waals surface area contributed by atoms with Crippen molar-refractivity contribution in [1.82, 2.24) is 0 Å². The fraction of sp³-hybridized carbons (Fsp3) is 0.444. The van der Waals surface area contributed by atoms with E-state index in [1.807, 2.05) is 13.8 Å². The molecule has 0 unspecified atom stereocenters. The van der Waals surface area contributed by atoms with Gasteiger partial charge in [-0.3, -0.25) is 0 Å². The summed E-state index contributed by atoms with van der Waals surface area (Å²) >= 11 is 0. The molecular formula is C18H21F3O3. The summed E-state index contributed by atoms with van der Waals surface area (Å²) in [4.78, 5) is 0. The van der Waals surface area contributed by atoms with E-state index in [0.29, 0.717) is 34.6 Å². The normalized spacial score (nSPS) is 17.7. The molecule has 2 rings (SSSR count). The van der Waals surface area contributed by atoms with Gasteiger partial charge in [-0.1, -0.05) is 6.58 Å². The van der Waals surface area contributed by atoms with E-state index < -0.39 is 18.2 Å². The van der Waals surface area contributed by atoms with Gasteiger partial charge in [0.25, 0.3) is 0 Å². The second-order valence-corrected chi connectivity index (χ2v) is 6.66. The Kier molecular flexibility index (Phi) is 4.61. The third kappa shape index (κ3) is 3.68. The molecular weight excluding hydrogens is 321 g/mol. The van der Waals surface area contributed by atoms with Crippen LogP contribution >= 0.6 is 0 Å². The Balaban J connectivity index is 2.47. The molecule has 1 heterocycles. The number of alkyl halides is 3. The molecule has 1 aromatic rings. The molecule has 1 N–H and O–H groups in total. The molecule has 1 aliphatic rings. The monoisotopic (exact) mass is 342 g/mol. The van der Waals surface area contributed by atoms with Crippen molar-refractivity contribution in [2.45, 2.75) is 33.9 Å². The summed E-state index contributed by atoms with van der Waals surface area (Å²) in [5.74, 6) is 0.642. The van der Waals surface area contributed by atoms with Crippen molar-refractivity contribution in [3.05, 3.63) is 46.9 Å². The van der Waals surface area contributed by atoms with Gasteiger partial charge in [-0.05, 0) is 56.5 Å². The third-order valence-corrected chi connectivity index (χ3v) is 3.92. The summed E-state index contributed by atoms with van der Waals surface area (Å²) in [6.07, 6.45) is -4.39. The number of aliphatic hydroxyl groups excluding tert-OH is 1. The van der Waals surface area contributed by atoms with Crippen LogP contribution in [0.25, 0.3) is 5.57 Å². The third-order valence-electron chi connectivity index (χ3n) is 3.92. The molecule has 6 heteroatoms. The first-order valence-electron chi connectivity index (χ1n) is 7.49. The first-order valence-corrected chi connectivity index (χ1v) is 7.49. The molecule has 132 valence electrons. The maximum Gasteiger partial charge on any atom is 0.422 e. The molecule has 1 aliphatic heterocycles. The van der Waals surface area contributed by atoms with Crippen LogP contribution in [-0.4, -0.2) is 24.5 Å². The smallest absolute Gasteiger partial charge is 0.422 e. The minimum absolute atomic E-state index is 0.132. The van der Waals surface area contributed by atoms with Gasteiger partial charge in [0.2, 0.25) is 0 Å². The SMILES string of the molecule is C=C1OCC(C)(C)C(O)=C1c1c(C)cc(OCC(F)(F)F)cc1C. The van der Waals surface area contributed by atoms with Crippen LogP contribution in [0.3, 0.4) is 0 Å². The van der Waals surface area contributed by atoms with Crippen LogP contribution in [-0.2, 0) is 4.74 Å². The lowest BCUT2D eigenvalue weighted by atomic mass is 9.82. The summed E-state index contributed by atoms with van der Waals surface area (Å²) in [5, 5.41) is 10.6. The number of hydrogen-bond acceptors (Lipinski definition) is 3. The number of ether oxygens (including phenoxy) is 2. The van der Waals surface area contributed by atoms with Crippen molar-refractivity contribution in [2.75, 3.05) is 13.2 Å². The Labute approximate surface area is 139 Å². The van der Waals surface area contributed by atoms with E-state index in [0.717, 1.165) is 0 Å². The predicted octanol–water partition coefficient (Wildman–Crippen LogP) is 5.08. The summed E-state index contributed by atoms with van der Waals surface area (Å²) in [7, 11) is 0. The molecule has 24 heavy (non-hydrogen) atoms. The van der Waals surface area contributed by atoms with Gasteiger partial charge in [0.1, 0.15) is 23.9 Å². The van der Waals surface area contributed by atoms with Gasteiger partial charge in [0.05, 0.1) is 11.0 Å². The van der Waals surface area contributed by atoms with Crippen LogP contribution in [0.4, 0.5) is 13.2 Å². The van der Waals surface area contributed by atoms with Crippen LogP contribution < -0.4 is 4.74 Å². The summed E-state index contributed by atoms with van der Waals surface area (Å²) < 4.78 is 47.3. The Morgan fingerprint density at radius 1 is 1.25 bits per heavy atom. The first-order chi connectivity index (χ1) is 10.9. The van der Waals surface area contributed by atoms with Crippen LogP contribution in [0.5, 0.6) is 5.75 Å². The lowest BCUT2D eigenvalue weighted by Crippen LogP contribution is -2.28. The van der Waals surface area contributed by atoms with E-state index in [2.05, 4.69) is 6.58 Å². The summed E-state index contributed by atoms with van der Waals surface area (Å²) in [5.41, 5.74) is 1.97. The van der Waals surface area contributed by atoms with Crippen molar-refractivity contribution in [2.24, 2.45) is 5.41 Å². The second kappa shape index (κ2) is 6.07. The standard InChI is InChI=1S/C18H21F3O3/c1-10-6-13(24-9-18(19,20)21)7-11(2)14(10)15-12(3)23-8-17(4,5)16(15)22/h6-7,22H,3,8-9H2,1-2,4-5H3. The highest BCUT2D eigenvalue weighted by Gasteiger charge is 2.35. The van der Waals surface area contributed by atoms with E-state index in [1.165, 1.54) is 12.1 Å². The first kappa shape index (κ1) is 18.2. The Bertz CT molecular complexity index is 677. The predicted molar refractivity (Wildman–Crippen MR) is 85.9 cm³/mol.